The van der Waals surface area contributed by atoms with Crippen molar-refractivity contribution >= 4 is 23.5 Å². The Kier molecular flexibility index (Phi) is 7.01. The zero-order chi connectivity index (χ0) is 18.2. The number of hydrogen-bond acceptors (Lipinski definition) is 5. The van der Waals surface area contributed by atoms with Gasteiger partial charge in [0.1, 0.15) is 5.75 Å². The smallest absolute Gasteiger partial charge is 0.230 e. The largest absolute Gasteiger partial charge is 0.493 e. The number of nitrogens with two attached hydrogens (primary N) is 1. The summed E-state index contributed by atoms with van der Waals surface area (Å²) in [6.07, 6.45) is 4.75. The number of benzene rings is 1. The van der Waals surface area contributed by atoms with Crippen LogP contribution in [0, 0.1) is 0 Å². The van der Waals surface area contributed by atoms with Gasteiger partial charge < -0.3 is 10.5 Å². The third-order valence-corrected chi connectivity index (χ3v) is 4.77. The second-order valence-corrected chi connectivity index (χ2v) is 6.71. The zero-order valence-corrected chi connectivity index (χ0v) is 15.2. The van der Waals surface area contributed by atoms with Crippen molar-refractivity contribution in [3.05, 3.63) is 59.4 Å². The molecule has 0 saturated heterocycles. The molecule has 0 unspecified atom stereocenters. The summed E-state index contributed by atoms with van der Waals surface area (Å²) >= 11 is 1.46. The summed E-state index contributed by atoms with van der Waals surface area (Å²) in [7, 11) is 0. The molecule has 1 amide bonds. The number of nitrogens with zero attached hydrogens (tertiary/aromatic N) is 1. The fraction of sp³-hybridized carbons (Fsp3) is 0.316. The molecule has 1 atom stereocenters. The summed E-state index contributed by atoms with van der Waals surface area (Å²) in [5.74, 6) is 0.482. The van der Waals surface area contributed by atoms with Gasteiger partial charge in [-0.25, -0.2) is 0 Å². The number of Topliss-reactive ketones (excluding diaryl/α,β-unsaturated/α-hetero) is 1. The Labute approximate surface area is 152 Å². The van der Waals surface area contributed by atoms with Crippen LogP contribution in [0.2, 0.25) is 0 Å². The van der Waals surface area contributed by atoms with Gasteiger partial charge in [0.15, 0.2) is 5.78 Å². The van der Waals surface area contributed by atoms with Gasteiger partial charge in [-0.2, -0.15) is 11.8 Å². The van der Waals surface area contributed by atoms with Gasteiger partial charge >= 0.3 is 0 Å². The van der Waals surface area contributed by atoms with E-state index in [1.165, 1.54) is 18.7 Å². The number of ether oxygens (including phenoxy) is 1. The molecule has 0 aliphatic carbocycles. The second kappa shape index (κ2) is 9.22. The van der Waals surface area contributed by atoms with Gasteiger partial charge in [0.25, 0.3) is 0 Å². The van der Waals surface area contributed by atoms with E-state index in [2.05, 4.69) is 4.98 Å². The number of amides is 1. The topological polar surface area (TPSA) is 82.3 Å². The molecule has 0 spiro atoms. The van der Waals surface area contributed by atoms with E-state index in [0.29, 0.717) is 25.0 Å². The van der Waals surface area contributed by atoms with Crippen LogP contribution in [0.1, 0.15) is 28.5 Å². The molecule has 6 heteroatoms. The lowest BCUT2D eigenvalue weighted by molar-refractivity contribution is -0.117. The Hall–Kier alpha value is -2.34. The highest BCUT2D eigenvalue weighted by Gasteiger charge is 2.14. The van der Waals surface area contributed by atoms with Gasteiger partial charge in [0.2, 0.25) is 5.91 Å². The number of carbonyl (C=O) groups is 2. The second-order valence-electron chi connectivity index (χ2n) is 5.67. The molecule has 2 N–H and O–H groups in total. The number of carbonyl (C=O) groups excluding carboxylic acids is 2. The summed E-state index contributed by atoms with van der Waals surface area (Å²) in [6, 6.07) is 11.3. The fourth-order valence-electron chi connectivity index (χ4n) is 2.29. The van der Waals surface area contributed by atoms with Gasteiger partial charge in [0.05, 0.1) is 11.9 Å². The first-order chi connectivity index (χ1) is 12.0. The lowest BCUT2D eigenvalue weighted by atomic mass is 10.1. The summed E-state index contributed by atoms with van der Waals surface area (Å²) in [4.78, 5) is 26.8. The molecule has 0 saturated carbocycles. The third-order valence-electron chi connectivity index (χ3n) is 3.80. The highest BCUT2D eigenvalue weighted by molar-refractivity contribution is 7.99. The molecule has 1 aromatic heterocycles. The van der Waals surface area contributed by atoms with Crippen molar-refractivity contribution in [3.63, 3.8) is 0 Å². The minimum absolute atomic E-state index is 0.00966. The first kappa shape index (κ1) is 19.0. The minimum Gasteiger partial charge on any atom is -0.493 e. The maximum absolute atomic E-state index is 11.3. The molecule has 0 bridgehead atoms. The Balaban J connectivity index is 1.83. The van der Waals surface area contributed by atoms with Crippen LogP contribution in [0.5, 0.6) is 5.75 Å². The van der Waals surface area contributed by atoms with Crippen LogP contribution in [-0.4, -0.2) is 34.8 Å². The first-order valence-corrected chi connectivity index (χ1v) is 9.28. The van der Waals surface area contributed by atoms with E-state index in [9.17, 15) is 9.59 Å². The third kappa shape index (κ3) is 5.90. The molecule has 1 aromatic carbocycles. The Bertz CT molecular complexity index is 714. The number of primary amides is 1. The molecule has 5 nitrogen and oxygen atoms in total. The SMILES string of the molecule is CS[C@H](Cc1ccc(OCCc2ccc(C(C)=O)cn2)cc1)C(N)=O. The quantitative estimate of drug-likeness (QED) is 0.697. The highest BCUT2D eigenvalue weighted by Crippen LogP contribution is 2.17. The lowest BCUT2D eigenvalue weighted by Gasteiger charge is -2.11. The minimum atomic E-state index is -0.295. The van der Waals surface area contributed by atoms with Gasteiger partial charge in [-0.1, -0.05) is 12.1 Å². The normalized spacial score (nSPS) is 11.8. The first-order valence-electron chi connectivity index (χ1n) is 7.99. The Morgan fingerprint density at radius 2 is 1.92 bits per heavy atom. The number of rotatable bonds is 9. The molecule has 132 valence electrons. The molecule has 2 aromatic rings. The number of hydrogen-bond donors (Lipinski definition) is 1. The molecule has 0 fully saturated rings. The molecular formula is C19H22N2O3S. The van der Waals surface area contributed by atoms with Gasteiger partial charge in [-0.05, 0) is 49.4 Å². The van der Waals surface area contributed by atoms with Crippen LogP contribution in [0.3, 0.4) is 0 Å². The van der Waals surface area contributed by atoms with Crippen LogP contribution < -0.4 is 10.5 Å². The van der Waals surface area contributed by atoms with Gasteiger partial charge in [-0.3, -0.25) is 14.6 Å². The maximum Gasteiger partial charge on any atom is 0.230 e. The van der Waals surface area contributed by atoms with Crippen LogP contribution >= 0.6 is 11.8 Å². The van der Waals surface area contributed by atoms with Crippen molar-refractivity contribution in [2.24, 2.45) is 5.73 Å². The van der Waals surface area contributed by atoms with E-state index in [4.69, 9.17) is 10.5 Å². The monoisotopic (exact) mass is 358 g/mol. The average Bonchev–Trinajstić information content (AvgIpc) is 2.61. The molecule has 25 heavy (non-hydrogen) atoms. The van der Waals surface area contributed by atoms with Gasteiger partial charge in [-0.15, -0.1) is 0 Å². The van der Waals surface area contributed by atoms with Crippen molar-refractivity contribution in [2.45, 2.75) is 25.0 Å². The van der Waals surface area contributed by atoms with Crippen molar-refractivity contribution in [2.75, 3.05) is 12.9 Å². The van der Waals surface area contributed by atoms with Crippen LogP contribution in [0.25, 0.3) is 0 Å². The summed E-state index contributed by atoms with van der Waals surface area (Å²) in [6.45, 7) is 2.02. The molecule has 0 radical (unpaired) electrons. The van der Waals surface area contributed by atoms with Crippen molar-refractivity contribution in [3.8, 4) is 5.75 Å². The number of aromatic nitrogens is 1. The Morgan fingerprint density at radius 3 is 2.44 bits per heavy atom. The molecule has 0 aliphatic rings. The van der Waals surface area contributed by atoms with E-state index in [1.54, 1.807) is 12.3 Å². The molecule has 1 heterocycles. The van der Waals surface area contributed by atoms with Crippen LogP contribution in [-0.2, 0) is 17.6 Å². The van der Waals surface area contributed by atoms with E-state index >= 15 is 0 Å². The number of ketones is 1. The van der Waals surface area contributed by atoms with Crippen molar-refractivity contribution in [1.29, 1.82) is 0 Å². The van der Waals surface area contributed by atoms with Crippen LogP contribution in [0.15, 0.2) is 42.6 Å². The van der Waals surface area contributed by atoms with Gasteiger partial charge in [0, 0.05) is 23.9 Å². The number of thioether (sulfide) groups is 1. The standard InChI is InChI=1S/C19H22N2O3S/c1-13(22)15-5-6-16(21-12-15)9-10-24-17-7-3-14(4-8-17)11-18(25-2)19(20)23/h3-8,12,18H,9-11H2,1-2H3,(H2,20,23)/t18-/m1/s1. The molecule has 0 aliphatic heterocycles. The molecular weight excluding hydrogens is 336 g/mol. The van der Waals surface area contributed by atoms with E-state index in [-0.39, 0.29) is 16.9 Å². The lowest BCUT2D eigenvalue weighted by Crippen LogP contribution is -2.27. The van der Waals surface area contributed by atoms with Crippen LogP contribution in [0.4, 0.5) is 0 Å². The number of pyridine rings is 1. The van der Waals surface area contributed by atoms with Crippen molar-refractivity contribution < 1.29 is 14.3 Å². The average molecular weight is 358 g/mol. The van der Waals surface area contributed by atoms with E-state index in [0.717, 1.165) is 17.0 Å². The van der Waals surface area contributed by atoms with E-state index < -0.39 is 0 Å². The summed E-state index contributed by atoms with van der Waals surface area (Å²) < 4.78 is 5.72. The highest BCUT2D eigenvalue weighted by atomic mass is 32.2. The fourth-order valence-corrected chi connectivity index (χ4v) is 2.88. The van der Waals surface area contributed by atoms with Crippen molar-refractivity contribution in [1.82, 2.24) is 4.98 Å². The predicted molar refractivity (Wildman–Crippen MR) is 100 cm³/mol. The summed E-state index contributed by atoms with van der Waals surface area (Å²) in [5, 5.41) is -0.212. The zero-order valence-electron chi connectivity index (χ0n) is 14.4. The van der Waals surface area contributed by atoms with E-state index in [1.807, 2.05) is 36.6 Å². The maximum atomic E-state index is 11.3. The molecule has 2 rings (SSSR count). The summed E-state index contributed by atoms with van der Waals surface area (Å²) in [5.41, 5.74) is 7.90. The Morgan fingerprint density at radius 1 is 1.20 bits per heavy atom. The predicted octanol–water partition coefficient (Wildman–Crippen LogP) is 2.67.